The van der Waals surface area contributed by atoms with Crippen LogP contribution in [-0.4, -0.2) is 39.2 Å². The van der Waals surface area contributed by atoms with E-state index in [0.29, 0.717) is 39.0 Å². The fourth-order valence-electron chi connectivity index (χ4n) is 4.13. The highest BCUT2D eigenvalue weighted by molar-refractivity contribution is 6.12. The van der Waals surface area contributed by atoms with Gasteiger partial charge in [0.25, 0.3) is 5.91 Å². The molecule has 0 radical (unpaired) electrons. The lowest BCUT2D eigenvalue weighted by Crippen LogP contribution is -2.45. The largest absolute Gasteiger partial charge is 0.465 e. The number of hydrogen-bond acceptors (Lipinski definition) is 5. The highest BCUT2D eigenvalue weighted by Crippen LogP contribution is 2.45. The molecular weight excluding hydrogens is 422 g/mol. The number of anilines is 2. The molecule has 1 unspecified atom stereocenters. The first-order valence-corrected chi connectivity index (χ1v) is 9.98. The average molecular weight is 439 g/mol. The van der Waals surface area contributed by atoms with Crippen LogP contribution in [0.25, 0.3) is 11.0 Å². The van der Waals surface area contributed by atoms with Crippen LogP contribution in [0.1, 0.15) is 27.0 Å². The van der Waals surface area contributed by atoms with E-state index in [2.05, 4.69) is 16.0 Å². The summed E-state index contributed by atoms with van der Waals surface area (Å²) in [5.41, 5.74) is 0.978. The molecule has 33 heavy (non-hydrogen) atoms. The highest BCUT2D eigenvalue weighted by atomic mass is 16.4. The van der Waals surface area contributed by atoms with Gasteiger partial charge in [-0.15, -0.1) is 0 Å². The smallest absolute Gasteiger partial charge is 0.413 e. The number of carbonyl (C=O) groups excluding carboxylic acids is 1. The zero-order valence-corrected chi connectivity index (χ0v) is 17.4. The van der Waals surface area contributed by atoms with Crippen LogP contribution in [0.4, 0.5) is 16.4 Å². The van der Waals surface area contributed by atoms with Crippen molar-refractivity contribution in [2.45, 2.75) is 5.72 Å². The predicted molar refractivity (Wildman–Crippen MR) is 120 cm³/mol. The van der Waals surface area contributed by atoms with Crippen molar-refractivity contribution < 1.29 is 19.8 Å². The van der Waals surface area contributed by atoms with E-state index >= 15 is 0 Å². The summed E-state index contributed by atoms with van der Waals surface area (Å²) >= 11 is 0. The second kappa shape index (κ2) is 7.19. The molecule has 9 heteroatoms. The van der Waals surface area contributed by atoms with Crippen LogP contribution in [-0.2, 0) is 5.72 Å². The monoisotopic (exact) mass is 439 g/mol. The lowest BCUT2D eigenvalue weighted by molar-refractivity contribution is 0.0704. The summed E-state index contributed by atoms with van der Waals surface area (Å²) in [6, 6.07) is 20.2. The molecule has 4 aromatic rings. The second-order valence-electron chi connectivity index (χ2n) is 7.65. The Balaban J connectivity index is 1.72. The summed E-state index contributed by atoms with van der Waals surface area (Å²) in [6.07, 6.45) is -1.17. The lowest BCUT2D eigenvalue weighted by atomic mass is 9.93. The van der Waals surface area contributed by atoms with E-state index in [-0.39, 0.29) is 5.95 Å². The molecule has 0 saturated carbocycles. The molecule has 0 saturated heterocycles. The SMILES string of the molecule is CN(C(=O)O)c1nc2ccc(C3(O)c4ccccc4C(=O)N3c3cccc(C#N)c3)cc2[nH]1. The normalized spacial score (nSPS) is 17.1. The van der Waals surface area contributed by atoms with Gasteiger partial charge < -0.3 is 15.2 Å². The number of nitrogens with one attached hydrogen (secondary N) is 1. The van der Waals surface area contributed by atoms with E-state index < -0.39 is 17.7 Å². The van der Waals surface area contributed by atoms with Crippen molar-refractivity contribution in [1.29, 1.82) is 5.26 Å². The maximum atomic E-state index is 13.4. The summed E-state index contributed by atoms with van der Waals surface area (Å²) in [7, 11) is 1.37. The standard InChI is InChI=1S/C24H17N5O4/c1-28(23(31)32)22-26-19-10-9-15(12-20(19)27-22)24(33)18-8-3-2-7-17(18)21(30)29(24)16-6-4-5-14(11-16)13-25/h2-12,33H,1H3,(H,26,27)(H,31,32). The number of nitriles is 1. The van der Waals surface area contributed by atoms with Gasteiger partial charge in [0.15, 0.2) is 5.72 Å². The number of aromatic nitrogens is 2. The first-order valence-electron chi connectivity index (χ1n) is 9.98. The topological polar surface area (TPSA) is 134 Å². The summed E-state index contributed by atoms with van der Waals surface area (Å²) in [5, 5.41) is 30.7. The van der Waals surface area contributed by atoms with E-state index in [4.69, 9.17) is 0 Å². The Morgan fingerprint density at radius 2 is 1.94 bits per heavy atom. The molecule has 5 rings (SSSR count). The maximum Gasteiger partial charge on any atom is 0.413 e. The van der Waals surface area contributed by atoms with Crippen molar-refractivity contribution in [3.05, 3.63) is 89.0 Å². The maximum absolute atomic E-state index is 13.4. The third kappa shape index (κ3) is 2.93. The molecule has 2 heterocycles. The Labute approximate surface area is 187 Å². The van der Waals surface area contributed by atoms with Gasteiger partial charge in [-0.1, -0.05) is 30.3 Å². The molecule has 162 valence electrons. The van der Waals surface area contributed by atoms with Crippen molar-refractivity contribution >= 4 is 34.7 Å². The van der Waals surface area contributed by atoms with Gasteiger partial charge in [0, 0.05) is 29.4 Å². The van der Waals surface area contributed by atoms with Crippen LogP contribution in [0.5, 0.6) is 0 Å². The second-order valence-corrected chi connectivity index (χ2v) is 7.65. The van der Waals surface area contributed by atoms with Crippen molar-refractivity contribution in [2.24, 2.45) is 0 Å². The Bertz CT molecular complexity index is 1490. The molecule has 1 aromatic heterocycles. The minimum atomic E-state index is -1.86. The number of H-pyrrole nitrogens is 1. The highest BCUT2D eigenvalue weighted by Gasteiger charge is 2.50. The van der Waals surface area contributed by atoms with E-state index in [9.17, 15) is 25.1 Å². The number of carbonyl (C=O) groups is 2. The van der Waals surface area contributed by atoms with Crippen molar-refractivity contribution in [3.8, 4) is 6.07 Å². The zero-order valence-electron chi connectivity index (χ0n) is 17.4. The molecule has 3 aromatic carbocycles. The van der Waals surface area contributed by atoms with Crippen LogP contribution in [0.15, 0.2) is 66.7 Å². The number of imidazole rings is 1. The third-order valence-electron chi connectivity index (χ3n) is 5.77. The van der Waals surface area contributed by atoms with Gasteiger partial charge in [0.05, 0.1) is 22.7 Å². The van der Waals surface area contributed by atoms with Gasteiger partial charge in [-0.25, -0.2) is 9.78 Å². The molecule has 3 N–H and O–H groups in total. The van der Waals surface area contributed by atoms with Crippen LogP contribution in [0.2, 0.25) is 0 Å². The molecule has 0 fully saturated rings. The molecule has 0 spiro atoms. The lowest BCUT2D eigenvalue weighted by Gasteiger charge is -2.35. The third-order valence-corrected chi connectivity index (χ3v) is 5.77. The number of nitrogens with zero attached hydrogens (tertiary/aromatic N) is 4. The summed E-state index contributed by atoms with van der Waals surface area (Å²) in [5.74, 6) is -0.276. The van der Waals surface area contributed by atoms with Gasteiger partial charge in [0.2, 0.25) is 5.95 Å². The predicted octanol–water partition coefficient (Wildman–Crippen LogP) is 3.40. The zero-order chi connectivity index (χ0) is 23.3. The Kier molecular flexibility index (Phi) is 4.41. The Morgan fingerprint density at radius 3 is 2.70 bits per heavy atom. The number of rotatable bonds is 3. The van der Waals surface area contributed by atoms with E-state index in [1.165, 1.54) is 11.9 Å². The summed E-state index contributed by atoms with van der Waals surface area (Å²) in [6.45, 7) is 0. The Morgan fingerprint density at radius 1 is 1.15 bits per heavy atom. The number of aromatic amines is 1. The molecular formula is C24H17N5O4. The minimum Gasteiger partial charge on any atom is -0.465 e. The van der Waals surface area contributed by atoms with Crippen molar-refractivity contribution in [2.75, 3.05) is 16.8 Å². The average Bonchev–Trinajstić information content (AvgIpc) is 3.36. The van der Waals surface area contributed by atoms with Crippen LogP contribution >= 0.6 is 0 Å². The molecule has 1 atom stereocenters. The fourth-order valence-corrected chi connectivity index (χ4v) is 4.13. The number of carboxylic acid groups (broad SMARTS) is 1. The number of amides is 2. The number of hydrogen-bond donors (Lipinski definition) is 3. The van der Waals surface area contributed by atoms with Gasteiger partial charge in [-0.3, -0.25) is 14.6 Å². The van der Waals surface area contributed by atoms with Gasteiger partial charge in [-0.05, 0) is 36.4 Å². The molecule has 1 aliphatic heterocycles. The molecule has 0 bridgehead atoms. The number of benzene rings is 3. The van der Waals surface area contributed by atoms with Crippen LogP contribution in [0, 0.1) is 11.3 Å². The van der Waals surface area contributed by atoms with Gasteiger partial charge in [0.1, 0.15) is 0 Å². The number of fused-ring (bicyclic) bond motifs is 2. The molecule has 0 aliphatic carbocycles. The minimum absolute atomic E-state index is 0.128. The van der Waals surface area contributed by atoms with Crippen LogP contribution < -0.4 is 9.80 Å². The quantitative estimate of drug-likeness (QED) is 0.448. The van der Waals surface area contributed by atoms with Crippen LogP contribution in [0.3, 0.4) is 0 Å². The van der Waals surface area contributed by atoms with Crippen molar-refractivity contribution in [3.63, 3.8) is 0 Å². The van der Waals surface area contributed by atoms with Gasteiger partial charge >= 0.3 is 6.09 Å². The van der Waals surface area contributed by atoms with E-state index in [1.54, 1.807) is 66.7 Å². The van der Waals surface area contributed by atoms with E-state index in [0.717, 1.165) is 4.90 Å². The number of aliphatic hydroxyl groups is 1. The molecule has 9 nitrogen and oxygen atoms in total. The fraction of sp³-hybridized carbons (Fsp3) is 0.0833. The van der Waals surface area contributed by atoms with Crippen molar-refractivity contribution in [1.82, 2.24) is 9.97 Å². The summed E-state index contributed by atoms with van der Waals surface area (Å²) in [4.78, 5) is 34.1. The summed E-state index contributed by atoms with van der Waals surface area (Å²) < 4.78 is 0. The Hall–Kier alpha value is -4.68. The van der Waals surface area contributed by atoms with E-state index in [1.807, 2.05) is 0 Å². The first kappa shape index (κ1) is 20.2. The molecule has 2 amide bonds. The molecule has 1 aliphatic rings. The first-order chi connectivity index (χ1) is 15.8. The van der Waals surface area contributed by atoms with Gasteiger partial charge in [-0.2, -0.15) is 5.26 Å².